The van der Waals surface area contributed by atoms with Crippen LogP contribution < -0.4 is 0 Å². The molecule has 2 aromatic rings. The van der Waals surface area contributed by atoms with E-state index in [1.807, 2.05) is 0 Å². The monoisotopic (exact) mass is 292 g/mol. The van der Waals surface area contributed by atoms with Crippen LogP contribution in [-0.4, -0.2) is 10.9 Å². The van der Waals surface area contributed by atoms with Crippen molar-refractivity contribution in [2.45, 2.75) is 6.18 Å². The Hall–Kier alpha value is -2.56. The van der Waals surface area contributed by atoms with Crippen molar-refractivity contribution in [3.05, 3.63) is 71.3 Å². The van der Waals surface area contributed by atoms with Gasteiger partial charge in [0.25, 0.3) is 0 Å². The van der Waals surface area contributed by atoms with Gasteiger partial charge in [0.15, 0.2) is 5.78 Å². The average Bonchev–Trinajstić information content (AvgIpc) is 2.45. The van der Waals surface area contributed by atoms with Gasteiger partial charge in [0.2, 0.25) is 0 Å². The summed E-state index contributed by atoms with van der Waals surface area (Å²) in [6.45, 7) is 0. The number of phenols is 1. The highest BCUT2D eigenvalue weighted by Gasteiger charge is 2.30. The molecule has 0 saturated carbocycles. The molecule has 0 heterocycles. The molecule has 0 fully saturated rings. The van der Waals surface area contributed by atoms with Gasteiger partial charge in [-0.3, -0.25) is 4.79 Å². The summed E-state index contributed by atoms with van der Waals surface area (Å²) in [5.41, 5.74) is -0.422. The average molecular weight is 292 g/mol. The number of allylic oxidation sites excluding steroid dienone is 1. The van der Waals surface area contributed by atoms with Crippen LogP contribution in [0.25, 0.3) is 6.08 Å². The van der Waals surface area contributed by atoms with E-state index in [4.69, 9.17) is 0 Å². The fourth-order valence-corrected chi connectivity index (χ4v) is 1.76. The van der Waals surface area contributed by atoms with Crippen LogP contribution in [0.15, 0.2) is 54.6 Å². The first kappa shape index (κ1) is 14.8. The number of hydrogen-bond acceptors (Lipinski definition) is 2. The van der Waals surface area contributed by atoms with Gasteiger partial charge in [-0.15, -0.1) is 0 Å². The van der Waals surface area contributed by atoms with Gasteiger partial charge in [0.1, 0.15) is 5.75 Å². The van der Waals surface area contributed by atoms with Crippen molar-refractivity contribution in [2.75, 3.05) is 0 Å². The summed E-state index contributed by atoms with van der Waals surface area (Å²) >= 11 is 0. The van der Waals surface area contributed by atoms with E-state index in [0.717, 1.165) is 18.2 Å². The van der Waals surface area contributed by atoms with Crippen molar-refractivity contribution in [3.8, 4) is 5.75 Å². The molecule has 0 unspecified atom stereocenters. The van der Waals surface area contributed by atoms with Crippen LogP contribution >= 0.6 is 0 Å². The third-order valence-corrected chi connectivity index (χ3v) is 2.81. The summed E-state index contributed by atoms with van der Waals surface area (Å²) in [7, 11) is 0. The molecule has 0 radical (unpaired) electrons. The number of hydrogen-bond donors (Lipinski definition) is 1. The topological polar surface area (TPSA) is 37.3 Å². The van der Waals surface area contributed by atoms with Crippen LogP contribution in [0.2, 0.25) is 0 Å². The highest BCUT2D eigenvalue weighted by Crippen LogP contribution is 2.29. The molecule has 1 N–H and O–H groups in total. The zero-order chi connectivity index (χ0) is 15.5. The Morgan fingerprint density at radius 2 is 1.76 bits per heavy atom. The van der Waals surface area contributed by atoms with Crippen molar-refractivity contribution in [1.29, 1.82) is 0 Å². The molecule has 2 aromatic carbocycles. The van der Waals surface area contributed by atoms with Crippen molar-refractivity contribution >= 4 is 11.9 Å². The molecule has 0 aliphatic carbocycles. The maximum Gasteiger partial charge on any atom is 0.416 e. The lowest BCUT2D eigenvalue weighted by molar-refractivity contribution is -0.137. The predicted molar refractivity (Wildman–Crippen MR) is 72.9 cm³/mol. The Kier molecular flexibility index (Phi) is 4.12. The summed E-state index contributed by atoms with van der Waals surface area (Å²) in [6.07, 6.45) is -2.01. The van der Waals surface area contributed by atoms with E-state index in [1.165, 1.54) is 30.3 Å². The lowest BCUT2D eigenvalue weighted by atomic mass is 10.1. The number of aromatic hydroxyl groups is 1. The second-order valence-electron chi connectivity index (χ2n) is 4.34. The van der Waals surface area contributed by atoms with Crippen molar-refractivity contribution in [2.24, 2.45) is 0 Å². The Morgan fingerprint density at radius 3 is 2.43 bits per heavy atom. The summed E-state index contributed by atoms with van der Waals surface area (Å²) in [5, 5.41) is 9.53. The van der Waals surface area contributed by atoms with E-state index in [9.17, 15) is 23.1 Å². The number of alkyl halides is 3. The maximum atomic E-state index is 12.6. The quantitative estimate of drug-likeness (QED) is 0.676. The first-order valence-electron chi connectivity index (χ1n) is 6.05. The zero-order valence-electron chi connectivity index (χ0n) is 10.8. The lowest BCUT2D eigenvalue weighted by Crippen LogP contribution is -2.04. The van der Waals surface area contributed by atoms with Gasteiger partial charge in [-0.2, -0.15) is 13.2 Å². The number of halogens is 3. The summed E-state index contributed by atoms with van der Waals surface area (Å²) in [5.74, 6) is -0.651. The molecule has 0 aliphatic heterocycles. The molecule has 21 heavy (non-hydrogen) atoms. The second-order valence-corrected chi connectivity index (χ2v) is 4.34. The molecule has 5 heteroatoms. The highest BCUT2D eigenvalue weighted by molar-refractivity contribution is 6.08. The van der Waals surface area contributed by atoms with Crippen LogP contribution in [0, 0.1) is 0 Å². The van der Waals surface area contributed by atoms with E-state index >= 15 is 0 Å². The molecule has 0 saturated heterocycles. The summed E-state index contributed by atoms with van der Waals surface area (Å²) in [6, 6.07) is 10.6. The zero-order valence-corrected chi connectivity index (χ0v) is 10.8. The Bertz CT molecular complexity index is 688. The Balaban J connectivity index is 2.22. The number of ketones is 1. The SMILES string of the molecule is O=C(C=Cc1cccc(C(F)(F)F)c1)c1ccccc1O. The van der Waals surface area contributed by atoms with Crippen molar-refractivity contribution in [1.82, 2.24) is 0 Å². The van der Waals surface area contributed by atoms with Gasteiger partial charge in [0, 0.05) is 0 Å². The summed E-state index contributed by atoms with van der Waals surface area (Å²) < 4.78 is 37.7. The third-order valence-electron chi connectivity index (χ3n) is 2.81. The van der Waals surface area contributed by atoms with Crippen LogP contribution in [0.5, 0.6) is 5.75 Å². The van der Waals surface area contributed by atoms with Gasteiger partial charge >= 0.3 is 6.18 Å². The molecule has 0 amide bonds. The molecule has 2 nitrogen and oxygen atoms in total. The number of carbonyl (C=O) groups is 1. The van der Waals surface area contributed by atoms with E-state index in [2.05, 4.69) is 0 Å². The molecular formula is C16H11F3O2. The van der Waals surface area contributed by atoms with E-state index in [1.54, 1.807) is 12.1 Å². The number of benzene rings is 2. The molecule has 0 aromatic heterocycles. The standard InChI is InChI=1S/C16H11F3O2/c17-16(18,19)12-5-3-4-11(10-12)8-9-15(21)13-6-1-2-7-14(13)20/h1-10,20H. The number of phenolic OH excluding ortho intramolecular Hbond substituents is 1. The number of para-hydroxylation sites is 1. The van der Waals surface area contributed by atoms with Crippen LogP contribution in [0.1, 0.15) is 21.5 Å². The fourth-order valence-electron chi connectivity index (χ4n) is 1.76. The lowest BCUT2D eigenvalue weighted by Gasteiger charge is -2.06. The van der Waals surface area contributed by atoms with E-state index in [0.29, 0.717) is 0 Å². The minimum Gasteiger partial charge on any atom is -0.507 e. The molecule has 108 valence electrons. The molecule has 0 bridgehead atoms. The van der Waals surface area contributed by atoms with Gasteiger partial charge in [-0.25, -0.2) is 0 Å². The Labute approximate surface area is 119 Å². The first-order valence-corrected chi connectivity index (χ1v) is 6.05. The highest BCUT2D eigenvalue weighted by atomic mass is 19.4. The van der Waals surface area contributed by atoms with Crippen molar-refractivity contribution in [3.63, 3.8) is 0 Å². The molecule has 0 spiro atoms. The van der Waals surface area contributed by atoms with E-state index in [-0.39, 0.29) is 16.9 Å². The largest absolute Gasteiger partial charge is 0.507 e. The van der Waals surface area contributed by atoms with Crippen molar-refractivity contribution < 1.29 is 23.1 Å². The van der Waals surface area contributed by atoms with Crippen LogP contribution in [-0.2, 0) is 6.18 Å². The number of rotatable bonds is 3. The maximum absolute atomic E-state index is 12.6. The third kappa shape index (κ3) is 3.72. The normalized spacial score (nSPS) is 11.8. The van der Waals surface area contributed by atoms with Gasteiger partial charge in [0.05, 0.1) is 11.1 Å². The Morgan fingerprint density at radius 1 is 1.05 bits per heavy atom. The minimum atomic E-state index is -4.43. The molecule has 2 rings (SSSR count). The second kappa shape index (κ2) is 5.83. The predicted octanol–water partition coefficient (Wildman–Crippen LogP) is 4.31. The van der Waals surface area contributed by atoms with Crippen LogP contribution in [0.3, 0.4) is 0 Å². The molecular weight excluding hydrogens is 281 g/mol. The summed E-state index contributed by atoms with van der Waals surface area (Å²) in [4.78, 5) is 11.9. The van der Waals surface area contributed by atoms with E-state index < -0.39 is 17.5 Å². The fraction of sp³-hybridized carbons (Fsp3) is 0.0625. The number of carbonyl (C=O) groups excluding carboxylic acids is 1. The smallest absolute Gasteiger partial charge is 0.416 e. The molecule has 0 aliphatic rings. The molecule has 0 atom stereocenters. The van der Waals surface area contributed by atoms with Gasteiger partial charge < -0.3 is 5.11 Å². The van der Waals surface area contributed by atoms with Gasteiger partial charge in [-0.05, 0) is 35.9 Å². The minimum absolute atomic E-state index is 0.0979. The van der Waals surface area contributed by atoms with Gasteiger partial charge in [-0.1, -0.05) is 30.3 Å². The van der Waals surface area contributed by atoms with Crippen LogP contribution in [0.4, 0.5) is 13.2 Å². The first-order chi connectivity index (χ1) is 9.88.